The SMILES string of the molecule is O=[N+]([O-])c1ccc(-c2nnc(-c3ccc(Br)cc3)n2-c2ccccc2)cc1. The second kappa shape index (κ2) is 7.13. The second-order valence-corrected chi connectivity index (χ2v) is 6.74. The van der Waals surface area contributed by atoms with Gasteiger partial charge in [-0.15, -0.1) is 10.2 Å². The van der Waals surface area contributed by atoms with E-state index >= 15 is 0 Å². The molecule has 7 heteroatoms. The van der Waals surface area contributed by atoms with Crippen LogP contribution in [0.4, 0.5) is 5.69 Å². The number of halogens is 1. The lowest BCUT2D eigenvalue weighted by Gasteiger charge is -2.11. The molecule has 0 amide bonds. The Morgan fingerprint density at radius 1 is 0.778 bits per heavy atom. The number of para-hydroxylation sites is 1. The number of aromatic nitrogens is 3. The molecule has 4 rings (SSSR count). The molecule has 27 heavy (non-hydrogen) atoms. The number of hydrogen-bond donors (Lipinski definition) is 0. The maximum Gasteiger partial charge on any atom is 0.269 e. The van der Waals surface area contributed by atoms with Gasteiger partial charge in [-0.25, -0.2) is 0 Å². The molecule has 6 nitrogen and oxygen atoms in total. The minimum absolute atomic E-state index is 0.0395. The van der Waals surface area contributed by atoms with Gasteiger partial charge in [0, 0.05) is 33.4 Å². The number of rotatable bonds is 4. The van der Waals surface area contributed by atoms with Crippen molar-refractivity contribution in [3.63, 3.8) is 0 Å². The summed E-state index contributed by atoms with van der Waals surface area (Å²) in [5.41, 5.74) is 2.62. The molecular formula is C20H13BrN4O2. The fourth-order valence-corrected chi connectivity index (χ4v) is 3.08. The first-order chi connectivity index (χ1) is 13.1. The molecular weight excluding hydrogens is 408 g/mol. The van der Waals surface area contributed by atoms with Gasteiger partial charge in [0.15, 0.2) is 11.6 Å². The van der Waals surface area contributed by atoms with Crippen LogP contribution in [0.5, 0.6) is 0 Å². The fourth-order valence-electron chi connectivity index (χ4n) is 2.81. The monoisotopic (exact) mass is 420 g/mol. The van der Waals surface area contributed by atoms with Crippen LogP contribution in [0.25, 0.3) is 28.5 Å². The van der Waals surface area contributed by atoms with Gasteiger partial charge in [-0.2, -0.15) is 0 Å². The van der Waals surface area contributed by atoms with E-state index in [4.69, 9.17) is 0 Å². The average molecular weight is 421 g/mol. The Balaban J connectivity index is 1.89. The topological polar surface area (TPSA) is 73.8 Å². The van der Waals surface area contributed by atoms with Crippen LogP contribution in [0.3, 0.4) is 0 Å². The number of nitro benzene ring substituents is 1. The van der Waals surface area contributed by atoms with Gasteiger partial charge in [-0.3, -0.25) is 14.7 Å². The third-order valence-electron chi connectivity index (χ3n) is 4.12. The molecule has 0 saturated carbocycles. The lowest BCUT2D eigenvalue weighted by atomic mass is 10.1. The Morgan fingerprint density at radius 3 is 1.81 bits per heavy atom. The van der Waals surface area contributed by atoms with E-state index in [1.54, 1.807) is 12.1 Å². The predicted molar refractivity (Wildman–Crippen MR) is 107 cm³/mol. The summed E-state index contributed by atoms with van der Waals surface area (Å²) in [6, 6.07) is 23.9. The van der Waals surface area contributed by atoms with Crippen molar-refractivity contribution in [2.45, 2.75) is 0 Å². The van der Waals surface area contributed by atoms with Crippen molar-refractivity contribution in [3.8, 4) is 28.5 Å². The quantitative estimate of drug-likeness (QED) is 0.332. The molecule has 132 valence electrons. The smallest absolute Gasteiger partial charge is 0.269 e. The minimum atomic E-state index is -0.418. The zero-order valence-corrected chi connectivity index (χ0v) is 15.6. The van der Waals surface area contributed by atoms with E-state index in [2.05, 4.69) is 26.1 Å². The van der Waals surface area contributed by atoms with E-state index in [1.807, 2.05) is 59.2 Å². The summed E-state index contributed by atoms with van der Waals surface area (Å²) >= 11 is 3.44. The number of non-ortho nitro benzene ring substituents is 1. The first kappa shape index (κ1) is 17.1. The van der Waals surface area contributed by atoms with Crippen LogP contribution in [0, 0.1) is 10.1 Å². The number of hydrogen-bond acceptors (Lipinski definition) is 4. The van der Waals surface area contributed by atoms with E-state index in [-0.39, 0.29) is 5.69 Å². The molecule has 0 aliphatic carbocycles. The van der Waals surface area contributed by atoms with E-state index in [0.717, 1.165) is 21.3 Å². The summed E-state index contributed by atoms with van der Waals surface area (Å²) in [6.45, 7) is 0. The Labute approximate surface area is 163 Å². The molecule has 0 radical (unpaired) electrons. The van der Waals surface area contributed by atoms with Crippen LogP contribution >= 0.6 is 15.9 Å². The second-order valence-electron chi connectivity index (χ2n) is 5.83. The van der Waals surface area contributed by atoms with Crippen molar-refractivity contribution in [1.82, 2.24) is 14.8 Å². The summed E-state index contributed by atoms with van der Waals surface area (Å²) in [7, 11) is 0. The fraction of sp³-hybridized carbons (Fsp3) is 0. The van der Waals surface area contributed by atoms with Crippen molar-refractivity contribution in [2.24, 2.45) is 0 Å². The molecule has 1 aromatic heterocycles. The van der Waals surface area contributed by atoms with Gasteiger partial charge in [-0.05, 0) is 36.4 Å². The van der Waals surface area contributed by atoms with E-state index in [9.17, 15) is 10.1 Å². The number of nitrogens with zero attached hydrogens (tertiary/aromatic N) is 4. The van der Waals surface area contributed by atoms with Crippen LogP contribution < -0.4 is 0 Å². The molecule has 4 aromatic rings. The van der Waals surface area contributed by atoms with Crippen LogP contribution in [-0.2, 0) is 0 Å². The van der Waals surface area contributed by atoms with Crippen molar-refractivity contribution in [2.75, 3.05) is 0 Å². The third kappa shape index (κ3) is 3.37. The first-order valence-electron chi connectivity index (χ1n) is 8.15. The number of benzene rings is 3. The summed E-state index contributed by atoms with van der Waals surface area (Å²) in [5.74, 6) is 1.32. The highest BCUT2D eigenvalue weighted by molar-refractivity contribution is 9.10. The normalized spacial score (nSPS) is 10.7. The van der Waals surface area contributed by atoms with Gasteiger partial charge in [0.05, 0.1) is 4.92 Å². The molecule has 0 bridgehead atoms. The molecule has 0 atom stereocenters. The van der Waals surface area contributed by atoms with Gasteiger partial charge in [0.25, 0.3) is 5.69 Å². The van der Waals surface area contributed by atoms with Crippen molar-refractivity contribution in [3.05, 3.63) is 93.4 Å². The lowest BCUT2D eigenvalue weighted by Crippen LogP contribution is -2.00. The molecule has 0 spiro atoms. The minimum Gasteiger partial charge on any atom is -0.275 e. The van der Waals surface area contributed by atoms with Crippen LogP contribution in [0.2, 0.25) is 0 Å². The highest BCUT2D eigenvalue weighted by atomic mass is 79.9. The largest absolute Gasteiger partial charge is 0.275 e. The highest BCUT2D eigenvalue weighted by Gasteiger charge is 2.17. The first-order valence-corrected chi connectivity index (χ1v) is 8.94. The molecule has 3 aromatic carbocycles. The van der Waals surface area contributed by atoms with Crippen LogP contribution in [-0.4, -0.2) is 19.7 Å². The average Bonchev–Trinajstić information content (AvgIpc) is 3.14. The molecule has 0 aliphatic rings. The zero-order valence-electron chi connectivity index (χ0n) is 14.0. The Kier molecular flexibility index (Phi) is 4.52. The van der Waals surface area contributed by atoms with Crippen molar-refractivity contribution < 1.29 is 4.92 Å². The Morgan fingerprint density at radius 2 is 1.30 bits per heavy atom. The maximum atomic E-state index is 10.9. The van der Waals surface area contributed by atoms with Crippen LogP contribution in [0.1, 0.15) is 0 Å². The zero-order chi connectivity index (χ0) is 18.8. The van der Waals surface area contributed by atoms with Gasteiger partial charge in [0.2, 0.25) is 0 Å². The number of nitro groups is 1. The molecule has 0 N–H and O–H groups in total. The Bertz CT molecular complexity index is 1090. The summed E-state index contributed by atoms with van der Waals surface area (Å²) < 4.78 is 2.93. The van der Waals surface area contributed by atoms with Gasteiger partial charge in [0.1, 0.15) is 0 Å². The molecule has 0 unspecified atom stereocenters. The van der Waals surface area contributed by atoms with Crippen LogP contribution in [0.15, 0.2) is 83.3 Å². The standard InChI is InChI=1S/C20H13BrN4O2/c21-16-10-6-14(7-11-16)19-22-23-20(24(19)17-4-2-1-3-5-17)15-8-12-18(13-9-15)25(26)27/h1-13H. The third-order valence-corrected chi connectivity index (χ3v) is 4.64. The Hall–Kier alpha value is -3.32. The lowest BCUT2D eigenvalue weighted by molar-refractivity contribution is -0.384. The van der Waals surface area contributed by atoms with E-state index < -0.39 is 4.92 Å². The molecule has 0 fully saturated rings. The van der Waals surface area contributed by atoms with Crippen molar-refractivity contribution >= 4 is 21.6 Å². The molecule has 0 aliphatic heterocycles. The van der Waals surface area contributed by atoms with Gasteiger partial charge >= 0.3 is 0 Å². The van der Waals surface area contributed by atoms with E-state index in [0.29, 0.717) is 11.6 Å². The summed E-state index contributed by atoms with van der Waals surface area (Å²) in [6.07, 6.45) is 0. The summed E-state index contributed by atoms with van der Waals surface area (Å²) in [4.78, 5) is 10.5. The molecule has 1 heterocycles. The van der Waals surface area contributed by atoms with Gasteiger partial charge < -0.3 is 0 Å². The molecule has 0 saturated heterocycles. The highest BCUT2D eigenvalue weighted by Crippen LogP contribution is 2.30. The van der Waals surface area contributed by atoms with Crippen molar-refractivity contribution in [1.29, 1.82) is 0 Å². The summed E-state index contributed by atoms with van der Waals surface area (Å²) in [5, 5.41) is 19.7. The predicted octanol–water partition coefficient (Wildman–Crippen LogP) is 5.27. The maximum absolute atomic E-state index is 10.9. The van der Waals surface area contributed by atoms with E-state index in [1.165, 1.54) is 12.1 Å². The van der Waals surface area contributed by atoms with Gasteiger partial charge in [-0.1, -0.05) is 46.3 Å².